The van der Waals surface area contributed by atoms with Gasteiger partial charge in [0.25, 0.3) is 0 Å². The Morgan fingerprint density at radius 2 is 1.92 bits per heavy atom. The molecule has 5 nitrogen and oxygen atoms in total. The van der Waals surface area contributed by atoms with Crippen LogP contribution in [0.15, 0.2) is 71.5 Å². The van der Waals surface area contributed by atoms with Crippen LogP contribution in [0.3, 0.4) is 0 Å². The van der Waals surface area contributed by atoms with Crippen LogP contribution in [0.4, 0.5) is 0 Å². The molecular weight excluding hydrogens is 328 g/mol. The molecule has 0 aliphatic heterocycles. The number of furan rings is 1. The number of aryl methyl sites for hydroxylation is 1. The van der Waals surface area contributed by atoms with Crippen molar-refractivity contribution >= 4 is 0 Å². The Morgan fingerprint density at radius 1 is 1.08 bits per heavy atom. The van der Waals surface area contributed by atoms with Crippen molar-refractivity contribution in [2.75, 3.05) is 13.2 Å². The summed E-state index contributed by atoms with van der Waals surface area (Å²) in [6, 6.07) is 18.2. The number of hydrogen-bond donors (Lipinski definition) is 1. The summed E-state index contributed by atoms with van der Waals surface area (Å²) in [6.07, 6.45) is 3.10. The zero-order valence-electron chi connectivity index (χ0n) is 15.1. The Hall–Kier alpha value is -2.34. The van der Waals surface area contributed by atoms with Crippen LogP contribution < -0.4 is 0 Å². The van der Waals surface area contributed by atoms with E-state index >= 15 is 0 Å². The van der Waals surface area contributed by atoms with Crippen LogP contribution in [0.25, 0.3) is 0 Å². The molecule has 0 aliphatic carbocycles. The standard InChI is InChI=1S/C21H26N2O3/c1-22-11-5-9-19(22)14-23(13-18-7-3-2-4-8-18)15-20(24)16-25-17-21-10-6-12-26-21/h2-12,20,24H,13-17H2,1H3/t20-/m1/s1. The first-order valence-electron chi connectivity index (χ1n) is 8.85. The number of rotatable bonds is 10. The molecule has 1 atom stereocenters. The van der Waals surface area contributed by atoms with Gasteiger partial charge in [-0.05, 0) is 29.8 Å². The maximum absolute atomic E-state index is 10.4. The van der Waals surface area contributed by atoms with E-state index in [9.17, 15) is 5.11 Å². The van der Waals surface area contributed by atoms with E-state index in [1.54, 1.807) is 6.26 Å². The molecule has 3 aromatic rings. The lowest BCUT2D eigenvalue weighted by Crippen LogP contribution is -2.34. The number of aromatic nitrogens is 1. The largest absolute Gasteiger partial charge is 0.467 e. The highest BCUT2D eigenvalue weighted by atomic mass is 16.5. The second-order valence-corrected chi connectivity index (χ2v) is 6.51. The highest BCUT2D eigenvalue weighted by Gasteiger charge is 2.14. The molecule has 3 rings (SSSR count). The molecule has 5 heteroatoms. The fourth-order valence-electron chi connectivity index (χ4n) is 2.96. The summed E-state index contributed by atoms with van der Waals surface area (Å²) in [4.78, 5) is 2.24. The maximum Gasteiger partial charge on any atom is 0.129 e. The van der Waals surface area contributed by atoms with E-state index in [1.165, 1.54) is 11.3 Å². The molecule has 0 bridgehead atoms. The van der Waals surface area contributed by atoms with E-state index in [2.05, 4.69) is 27.7 Å². The van der Waals surface area contributed by atoms with Crippen molar-refractivity contribution in [2.24, 2.45) is 7.05 Å². The van der Waals surface area contributed by atoms with Gasteiger partial charge >= 0.3 is 0 Å². The molecule has 26 heavy (non-hydrogen) atoms. The Kier molecular flexibility index (Phi) is 6.66. The number of ether oxygens (including phenoxy) is 1. The van der Waals surface area contributed by atoms with Crippen LogP contribution in [-0.4, -0.2) is 33.8 Å². The predicted octanol–water partition coefficient (Wildman–Crippen LogP) is 3.20. The van der Waals surface area contributed by atoms with Gasteiger partial charge in [0.2, 0.25) is 0 Å². The van der Waals surface area contributed by atoms with Crippen molar-refractivity contribution in [3.05, 3.63) is 84.1 Å². The molecule has 0 spiro atoms. The molecule has 1 aromatic carbocycles. The normalized spacial score (nSPS) is 12.6. The SMILES string of the molecule is Cn1cccc1CN(Cc1ccccc1)C[C@@H](O)COCc1ccco1. The highest BCUT2D eigenvalue weighted by molar-refractivity contribution is 5.15. The third-order valence-electron chi connectivity index (χ3n) is 4.29. The molecule has 0 fully saturated rings. The minimum atomic E-state index is -0.561. The monoisotopic (exact) mass is 354 g/mol. The van der Waals surface area contributed by atoms with E-state index in [1.807, 2.05) is 49.6 Å². The summed E-state index contributed by atoms with van der Waals surface area (Å²) in [6.45, 7) is 2.74. The van der Waals surface area contributed by atoms with Gasteiger partial charge in [-0.25, -0.2) is 0 Å². The Bertz CT molecular complexity index is 753. The second-order valence-electron chi connectivity index (χ2n) is 6.51. The zero-order valence-corrected chi connectivity index (χ0v) is 15.1. The van der Waals surface area contributed by atoms with Crippen LogP contribution in [0.5, 0.6) is 0 Å². The van der Waals surface area contributed by atoms with Crippen LogP contribution >= 0.6 is 0 Å². The minimum Gasteiger partial charge on any atom is -0.467 e. The van der Waals surface area contributed by atoms with Crippen molar-refractivity contribution in [3.63, 3.8) is 0 Å². The molecule has 2 heterocycles. The van der Waals surface area contributed by atoms with Crippen LogP contribution in [0.2, 0.25) is 0 Å². The van der Waals surface area contributed by atoms with Gasteiger partial charge in [0.15, 0.2) is 0 Å². The number of benzene rings is 1. The van der Waals surface area contributed by atoms with E-state index in [4.69, 9.17) is 9.15 Å². The van der Waals surface area contributed by atoms with Crippen LogP contribution in [0, 0.1) is 0 Å². The summed E-state index contributed by atoms with van der Waals surface area (Å²) in [5.74, 6) is 0.766. The van der Waals surface area contributed by atoms with Gasteiger partial charge in [0.05, 0.1) is 19.0 Å². The molecular formula is C21H26N2O3. The number of aliphatic hydroxyl groups is 1. The van der Waals surface area contributed by atoms with Crippen molar-refractivity contribution in [2.45, 2.75) is 25.8 Å². The number of nitrogens with zero attached hydrogens (tertiary/aromatic N) is 2. The van der Waals surface area contributed by atoms with Crippen molar-refractivity contribution < 1.29 is 14.3 Å². The maximum atomic E-state index is 10.4. The smallest absolute Gasteiger partial charge is 0.129 e. The van der Waals surface area contributed by atoms with Crippen molar-refractivity contribution in [3.8, 4) is 0 Å². The predicted molar refractivity (Wildman–Crippen MR) is 100 cm³/mol. The lowest BCUT2D eigenvalue weighted by Gasteiger charge is -2.25. The summed E-state index contributed by atoms with van der Waals surface area (Å²) in [5, 5.41) is 10.4. The highest BCUT2D eigenvalue weighted by Crippen LogP contribution is 2.11. The number of aliphatic hydroxyl groups excluding tert-OH is 1. The van der Waals surface area contributed by atoms with Gasteiger partial charge in [-0.2, -0.15) is 0 Å². The third-order valence-corrected chi connectivity index (χ3v) is 4.29. The Labute approximate surface area is 154 Å². The second kappa shape index (κ2) is 9.38. The van der Waals surface area contributed by atoms with Gasteiger partial charge in [-0.1, -0.05) is 30.3 Å². The van der Waals surface area contributed by atoms with E-state index in [-0.39, 0.29) is 6.61 Å². The third kappa shape index (κ3) is 5.59. The molecule has 138 valence electrons. The van der Waals surface area contributed by atoms with E-state index < -0.39 is 6.10 Å². The van der Waals surface area contributed by atoms with Gasteiger partial charge in [-0.3, -0.25) is 4.90 Å². The molecule has 0 aliphatic rings. The van der Waals surface area contributed by atoms with Crippen molar-refractivity contribution in [1.29, 1.82) is 0 Å². The summed E-state index contributed by atoms with van der Waals surface area (Å²) in [5.41, 5.74) is 2.44. The summed E-state index contributed by atoms with van der Waals surface area (Å²) < 4.78 is 12.9. The first kappa shape index (κ1) is 18.5. The molecule has 0 unspecified atom stereocenters. The summed E-state index contributed by atoms with van der Waals surface area (Å²) in [7, 11) is 2.04. The lowest BCUT2D eigenvalue weighted by molar-refractivity contribution is 0.00224. The Morgan fingerprint density at radius 3 is 2.62 bits per heavy atom. The molecule has 0 amide bonds. The average molecular weight is 354 g/mol. The molecule has 0 radical (unpaired) electrons. The molecule has 2 aromatic heterocycles. The van der Waals surface area contributed by atoms with Crippen LogP contribution in [-0.2, 0) is 31.5 Å². The zero-order chi connectivity index (χ0) is 18.2. The van der Waals surface area contributed by atoms with Gasteiger partial charge in [-0.15, -0.1) is 0 Å². The first-order valence-corrected chi connectivity index (χ1v) is 8.85. The quantitative estimate of drug-likeness (QED) is 0.607. The number of hydrogen-bond acceptors (Lipinski definition) is 4. The Balaban J connectivity index is 1.56. The van der Waals surface area contributed by atoms with Gasteiger partial charge in [0, 0.05) is 38.6 Å². The average Bonchev–Trinajstić information content (AvgIpc) is 3.28. The van der Waals surface area contributed by atoms with Crippen molar-refractivity contribution in [1.82, 2.24) is 9.47 Å². The van der Waals surface area contributed by atoms with E-state index in [0.717, 1.165) is 18.8 Å². The topological polar surface area (TPSA) is 50.8 Å². The summed E-state index contributed by atoms with van der Waals surface area (Å²) >= 11 is 0. The molecule has 1 N–H and O–H groups in total. The fourth-order valence-corrected chi connectivity index (χ4v) is 2.96. The van der Waals surface area contributed by atoms with E-state index in [0.29, 0.717) is 13.2 Å². The van der Waals surface area contributed by atoms with Gasteiger partial charge < -0.3 is 18.8 Å². The molecule has 0 saturated heterocycles. The minimum absolute atomic E-state index is 0.277. The lowest BCUT2D eigenvalue weighted by atomic mass is 10.2. The molecule has 0 saturated carbocycles. The van der Waals surface area contributed by atoms with Gasteiger partial charge in [0.1, 0.15) is 12.4 Å². The van der Waals surface area contributed by atoms with Crippen LogP contribution in [0.1, 0.15) is 17.0 Å². The first-order chi connectivity index (χ1) is 12.7. The fraction of sp³-hybridized carbons (Fsp3) is 0.333.